The Bertz CT molecular complexity index is 2190. The summed E-state index contributed by atoms with van der Waals surface area (Å²) < 4.78 is 10.8. The largest absolute Gasteiger partial charge is 0.497 e. The van der Waals surface area contributed by atoms with Gasteiger partial charge in [-0.05, 0) is 90.9 Å². The van der Waals surface area contributed by atoms with Gasteiger partial charge < -0.3 is 25.4 Å². The van der Waals surface area contributed by atoms with Crippen LogP contribution in [0, 0.1) is 0 Å². The van der Waals surface area contributed by atoms with Crippen molar-refractivity contribution < 1.29 is 23.9 Å². The second-order valence-electron chi connectivity index (χ2n) is 11.5. The third-order valence-electron chi connectivity index (χ3n) is 7.84. The molecule has 1 heterocycles. The van der Waals surface area contributed by atoms with E-state index in [1.54, 1.807) is 67.8 Å². The third-order valence-corrected chi connectivity index (χ3v) is 9.84. The van der Waals surface area contributed by atoms with Crippen molar-refractivity contribution in [2.45, 2.75) is 17.1 Å². The first-order valence-electron chi connectivity index (χ1n) is 16.7. The summed E-state index contributed by atoms with van der Waals surface area (Å²) in [5.74, 6) is 0.273. The zero-order valence-corrected chi connectivity index (χ0v) is 30.6. The quantitative estimate of drug-likeness (QED) is 0.0753. The Kier molecular flexibility index (Phi) is 12.3. The fraction of sp³-hybridized carbons (Fsp3) is 0.0952. The first-order valence-corrected chi connectivity index (χ1v) is 18.5. The Morgan fingerprint density at radius 3 is 2.21 bits per heavy atom. The van der Waals surface area contributed by atoms with Gasteiger partial charge in [-0.2, -0.15) is 0 Å². The van der Waals surface area contributed by atoms with Gasteiger partial charge in [-0.1, -0.05) is 66.7 Å². The highest BCUT2D eigenvalue weighted by atomic mass is 32.2. The lowest BCUT2D eigenvalue weighted by molar-refractivity contribution is -0.116. The van der Waals surface area contributed by atoms with Crippen molar-refractivity contribution >= 4 is 57.7 Å². The van der Waals surface area contributed by atoms with Crippen molar-refractivity contribution in [2.24, 2.45) is 0 Å². The van der Waals surface area contributed by atoms with Crippen molar-refractivity contribution in [3.63, 3.8) is 0 Å². The molecule has 6 aromatic rings. The second-order valence-corrected chi connectivity index (χ2v) is 13.6. The third kappa shape index (κ3) is 10.0. The number of benzene rings is 5. The first kappa shape index (κ1) is 36.6. The number of ether oxygens (including phenoxy) is 2. The number of thiazole rings is 1. The smallest absolute Gasteiger partial charge is 0.272 e. The molecule has 0 bridgehead atoms. The lowest BCUT2D eigenvalue weighted by Gasteiger charge is -2.17. The van der Waals surface area contributed by atoms with Crippen LogP contribution >= 0.6 is 23.1 Å². The van der Waals surface area contributed by atoms with Gasteiger partial charge in [0.2, 0.25) is 5.91 Å². The number of aromatic nitrogens is 1. The van der Waals surface area contributed by atoms with Gasteiger partial charge >= 0.3 is 0 Å². The van der Waals surface area contributed by atoms with Gasteiger partial charge in [0, 0.05) is 27.1 Å². The van der Waals surface area contributed by atoms with E-state index in [9.17, 15) is 14.4 Å². The fourth-order valence-electron chi connectivity index (χ4n) is 5.21. The summed E-state index contributed by atoms with van der Waals surface area (Å²) in [6.45, 7) is 2.43. The average Bonchev–Trinajstić information content (AvgIpc) is 3.66. The van der Waals surface area contributed by atoms with Crippen LogP contribution in [0.15, 0.2) is 149 Å². The Morgan fingerprint density at radius 1 is 0.811 bits per heavy atom. The van der Waals surface area contributed by atoms with E-state index in [-0.39, 0.29) is 11.6 Å². The lowest BCUT2D eigenvalue weighted by Crippen LogP contribution is -2.30. The Morgan fingerprint density at radius 2 is 1.51 bits per heavy atom. The van der Waals surface area contributed by atoms with Gasteiger partial charge in [-0.3, -0.25) is 14.4 Å². The first-order chi connectivity index (χ1) is 25.9. The molecule has 5 aromatic carbocycles. The van der Waals surface area contributed by atoms with Gasteiger partial charge in [-0.15, -0.1) is 23.1 Å². The van der Waals surface area contributed by atoms with E-state index in [0.717, 1.165) is 27.5 Å². The van der Waals surface area contributed by atoms with Crippen LogP contribution in [0.4, 0.5) is 10.8 Å². The van der Waals surface area contributed by atoms with Crippen LogP contribution in [0.25, 0.3) is 17.3 Å². The number of hydrogen-bond acceptors (Lipinski definition) is 8. The maximum absolute atomic E-state index is 13.8. The molecule has 0 saturated heterocycles. The van der Waals surface area contributed by atoms with Gasteiger partial charge in [0.25, 0.3) is 11.8 Å². The minimum Gasteiger partial charge on any atom is -0.497 e. The van der Waals surface area contributed by atoms with Crippen LogP contribution in [0.3, 0.4) is 0 Å². The molecule has 1 aromatic heterocycles. The van der Waals surface area contributed by atoms with Crippen LogP contribution in [-0.4, -0.2) is 36.4 Å². The van der Waals surface area contributed by atoms with Crippen LogP contribution in [-0.2, 0) is 9.59 Å². The number of methoxy groups -OCH3 is 1. The summed E-state index contributed by atoms with van der Waals surface area (Å²) >= 11 is 2.69. The molecule has 0 spiro atoms. The summed E-state index contributed by atoms with van der Waals surface area (Å²) in [7, 11) is 1.62. The molecule has 1 atom stereocenters. The van der Waals surface area contributed by atoms with E-state index in [1.165, 1.54) is 23.1 Å². The number of anilines is 2. The molecule has 6 rings (SSSR count). The summed E-state index contributed by atoms with van der Waals surface area (Å²) in [5.41, 5.74) is 4.12. The summed E-state index contributed by atoms with van der Waals surface area (Å²) in [4.78, 5) is 46.1. The number of rotatable bonds is 14. The van der Waals surface area contributed by atoms with Gasteiger partial charge in [0.15, 0.2) is 5.13 Å². The predicted octanol–water partition coefficient (Wildman–Crippen LogP) is 9.10. The van der Waals surface area contributed by atoms with Crippen molar-refractivity contribution in [3.05, 3.63) is 161 Å². The number of amides is 3. The summed E-state index contributed by atoms with van der Waals surface area (Å²) in [6.07, 6.45) is 1.61. The highest BCUT2D eigenvalue weighted by Crippen LogP contribution is 2.38. The van der Waals surface area contributed by atoms with Crippen LogP contribution in [0.5, 0.6) is 11.5 Å². The van der Waals surface area contributed by atoms with Crippen LogP contribution in [0.2, 0.25) is 0 Å². The van der Waals surface area contributed by atoms with Crippen molar-refractivity contribution in [1.29, 1.82) is 0 Å². The van der Waals surface area contributed by atoms with E-state index in [1.807, 2.05) is 91.2 Å². The molecule has 3 N–H and O–H groups in total. The topological polar surface area (TPSA) is 119 Å². The molecule has 266 valence electrons. The summed E-state index contributed by atoms with van der Waals surface area (Å²) in [6, 6.07) is 40.2. The van der Waals surface area contributed by atoms with E-state index < -0.39 is 17.1 Å². The molecule has 0 saturated carbocycles. The number of nitrogens with zero attached hydrogens (tertiary/aromatic N) is 1. The van der Waals surface area contributed by atoms with Gasteiger partial charge in [-0.25, -0.2) is 4.98 Å². The number of carbonyl (C=O) groups excluding carboxylic acids is 3. The molecule has 1 unspecified atom stereocenters. The maximum atomic E-state index is 13.8. The average molecular weight is 741 g/mol. The molecule has 0 aliphatic heterocycles. The monoisotopic (exact) mass is 740 g/mol. The number of hydrogen-bond donors (Lipinski definition) is 3. The molecule has 0 radical (unpaired) electrons. The number of carbonyl (C=O) groups is 3. The molecular formula is C42H36N4O5S2. The van der Waals surface area contributed by atoms with Crippen molar-refractivity contribution in [3.8, 4) is 22.8 Å². The number of nitrogens with one attached hydrogen (secondary N) is 3. The maximum Gasteiger partial charge on any atom is 0.272 e. The molecule has 11 heteroatoms. The highest BCUT2D eigenvalue weighted by Gasteiger charge is 2.24. The van der Waals surface area contributed by atoms with E-state index in [4.69, 9.17) is 9.47 Å². The van der Waals surface area contributed by atoms with Gasteiger partial charge in [0.05, 0.1) is 19.4 Å². The SMILES string of the molecule is CCOc1ccc(/C=C(/NC(=O)c2ccccc2)C(=O)Nc2cccc(SC(C(=O)Nc3nc(-c4ccc(OC)cc4)cs3)c3ccccc3)c2)cc1. The Balaban J connectivity index is 1.20. The van der Waals surface area contributed by atoms with Crippen molar-refractivity contribution in [1.82, 2.24) is 10.3 Å². The number of thioether (sulfide) groups is 1. The highest BCUT2D eigenvalue weighted by molar-refractivity contribution is 8.00. The zero-order chi connectivity index (χ0) is 37.0. The Labute approximate surface area is 316 Å². The lowest BCUT2D eigenvalue weighted by atomic mass is 10.1. The van der Waals surface area contributed by atoms with E-state index in [2.05, 4.69) is 20.9 Å². The fourth-order valence-corrected chi connectivity index (χ4v) is 7.02. The minimum atomic E-state index is -0.629. The molecule has 53 heavy (non-hydrogen) atoms. The van der Waals surface area contributed by atoms with Crippen molar-refractivity contribution in [2.75, 3.05) is 24.4 Å². The molecule has 0 fully saturated rings. The van der Waals surface area contributed by atoms with E-state index in [0.29, 0.717) is 34.3 Å². The normalized spacial score (nSPS) is 11.6. The predicted molar refractivity (Wildman–Crippen MR) is 212 cm³/mol. The van der Waals surface area contributed by atoms with Gasteiger partial charge in [0.1, 0.15) is 22.4 Å². The molecular weight excluding hydrogens is 705 g/mol. The Hall–Kier alpha value is -6.17. The minimum absolute atomic E-state index is 0.0556. The summed E-state index contributed by atoms with van der Waals surface area (Å²) in [5, 5.41) is 10.4. The molecule has 0 aliphatic rings. The van der Waals surface area contributed by atoms with Crippen LogP contribution in [0.1, 0.15) is 33.7 Å². The van der Waals surface area contributed by atoms with E-state index >= 15 is 0 Å². The molecule has 3 amide bonds. The zero-order valence-electron chi connectivity index (χ0n) is 28.9. The molecule has 9 nitrogen and oxygen atoms in total. The van der Waals surface area contributed by atoms with Crippen LogP contribution < -0.4 is 25.4 Å². The second kappa shape index (κ2) is 17.9. The standard InChI is InChI=1S/C42H36N4O5S2/c1-3-51-34-21-17-28(18-22-34)25-36(44-39(47)31-13-8-5-9-14-31)40(48)43-32-15-10-16-35(26-32)53-38(30-11-6-4-7-12-30)41(49)46-42-45-37(27-52-42)29-19-23-33(50-2)24-20-29/h4-27,38H,3H2,1-2H3,(H,43,48)(H,44,47)(H,45,46,49)/b36-25+. The molecule has 0 aliphatic carbocycles.